The lowest BCUT2D eigenvalue weighted by Gasteiger charge is -2.10. The molecular formula is C15H20N4O. The molecule has 3 N–H and O–H groups in total. The average molecular weight is 272 g/mol. The van der Waals surface area contributed by atoms with Crippen LogP contribution in [0.3, 0.4) is 0 Å². The minimum Gasteiger partial charge on any atom is -0.492 e. The van der Waals surface area contributed by atoms with Crippen molar-refractivity contribution in [2.45, 2.75) is 19.8 Å². The molecule has 2 aromatic rings. The van der Waals surface area contributed by atoms with Crippen molar-refractivity contribution in [2.24, 2.45) is 0 Å². The standard InChI is InChI=1S/C15H20N4O/c1-11(2)15-18-13(16)10-14(19-15)17-8-9-20-12-6-4-3-5-7-12/h3-7,10-11H,8-9H2,1-2H3,(H3,16,17,18,19). The number of rotatable bonds is 6. The summed E-state index contributed by atoms with van der Waals surface area (Å²) in [6.07, 6.45) is 0. The number of nitrogens with zero attached hydrogens (tertiary/aromatic N) is 2. The normalized spacial score (nSPS) is 10.6. The van der Waals surface area contributed by atoms with Crippen LogP contribution in [0.15, 0.2) is 36.4 Å². The second-order valence-electron chi connectivity index (χ2n) is 4.78. The van der Waals surface area contributed by atoms with Crippen LogP contribution >= 0.6 is 0 Å². The number of benzene rings is 1. The van der Waals surface area contributed by atoms with Crippen LogP contribution in [0, 0.1) is 0 Å². The highest BCUT2D eigenvalue weighted by atomic mass is 16.5. The van der Waals surface area contributed by atoms with Gasteiger partial charge in [0, 0.05) is 12.0 Å². The highest BCUT2D eigenvalue weighted by Gasteiger charge is 2.06. The van der Waals surface area contributed by atoms with Crippen LogP contribution in [0.2, 0.25) is 0 Å². The third-order valence-corrected chi connectivity index (χ3v) is 2.70. The Balaban J connectivity index is 1.85. The molecule has 0 atom stereocenters. The van der Waals surface area contributed by atoms with Crippen molar-refractivity contribution in [2.75, 3.05) is 24.2 Å². The molecule has 5 heteroatoms. The SMILES string of the molecule is CC(C)c1nc(N)cc(NCCOc2ccccc2)n1. The zero-order chi connectivity index (χ0) is 14.4. The van der Waals surface area contributed by atoms with Crippen molar-refractivity contribution in [3.63, 3.8) is 0 Å². The number of hydrogen-bond donors (Lipinski definition) is 2. The van der Waals surface area contributed by atoms with Gasteiger partial charge in [0.05, 0.1) is 6.54 Å². The minimum absolute atomic E-state index is 0.250. The molecule has 0 bridgehead atoms. The molecule has 1 heterocycles. The van der Waals surface area contributed by atoms with Crippen LogP contribution in [0.4, 0.5) is 11.6 Å². The van der Waals surface area contributed by atoms with Crippen LogP contribution in [0.5, 0.6) is 5.75 Å². The maximum absolute atomic E-state index is 5.77. The quantitative estimate of drug-likeness (QED) is 0.791. The Kier molecular flexibility index (Phi) is 4.76. The molecule has 1 aromatic carbocycles. The fourth-order valence-electron chi connectivity index (χ4n) is 1.70. The summed E-state index contributed by atoms with van der Waals surface area (Å²) in [5.74, 6) is 3.07. The number of nitrogens with two attached hydrogens (primary N) is 1. The Hall–Kier alpha value is -2.30. The van der Waals surface area contributed by atoms with Crippen LogP contribution in [0.1, 0.15) is 25.6 Å². The first-order valence-corrected chi connectivity index (χ1v) is 6.71. The predicted molar refractivity (Wildman–Crippen MR) is 81.0 cm³/mol. The van der Waals surface area contributed by atoms with Crippen LogP contribution in [0.25, 0.3) is 0 Å². The topological polar surface area (TPSA) is 73.1 Å². The first kappa shape index (κ1) is 14.1. The zero-order valence-corrected chi connectivity index (χ0v) is 11.8. The van der Waals surface area contributed by atoms with Crippen molar-refractivity contribution >= 4 is 11.6 Å². The van der Waals surface area contributed by atoms with Gasteiger partial charge in [-0.2, -0.15) is 0 Å². The number of ether oxygens (including phenoxy) is 1. The highest BCUT2D eigenvalue weighted by molar-refractivity contribution is 5.44. The number of nitrogens with one attached hydrogen (secondary N) is 1. The maximum atomic E-state index is 5.77. The van der Waals surface area contributed by atoms with Crippen molar-refractivity contribution in [1.82, 2.24) is 9.97 Å². The lowest BCUT2D eigenvalue weighted by Crippen LogP contribution is -2.14. The summed E-state index contributed by atoms with van der Waals surface area (Å²) in [6.45, 7) is 5.29. The summed E-state index contributed by atoms with van der Waals surface area (Å²) in [6, 6.07) is 11.4. The van der Waals surface area contributed by atoms with Gasteiger partial charge in [-0.05, 0) is 12.1 Å². The summed E-state index contributed by atoms with van der Waals surface area (Å²) in [5.41, 5.74) is 5.77. The molecular weight excluding hydrogens is 252 g/mol. The van der Waals surface area contributed by atoms with Gasteiger partial charge in [0.15, 0.2) is 0 Å². The van der Waals surface area contributed by atoms with Crippen molar-refractivity contribution < 1.29 is 4.74 Å². The zero-order valence-electron chi connectivity index (χ0n) is 11.8. The number of para-hydroxylation sites is 1. The van der Waals surface area contributed by atoms with Gasteiger partial charge in [-0.25, -0.2) is 9.97 Å². The minimum atomic E-state index is 0.250. The van der Waals surface area contributed by atoms with Crippen molar-refractivity contribution in [1.29, 1.82) is 0 Å². The van der Waals surface area contributed by atoms with E-state index in [0.29, 0.717) is 19.0 Å². The van der Waals surface area contributed by atoms with Gasteiger partial charge in [-0.15, -0.1) is 0 Å². The lowest BCUT2D eigenvalue weighted by molar-refractivity contribution is 0.332. The summed E-state index contributed by atoms with van der Waals surface area (Å²) in [4.78, 5) is 8.62. The smallest absolute Gasteiger partial charge is 0.135 e. The number of anilines is 2. The maximum Gasteiger partial charge on any atom is 0.135 e. The van der Waals surface area contributed by atoms with Crippen LogP contribution in [-0.2, 0) is 0 Å². The Morgan fingerprint density at radius 2 is 1.95 bits per heavy atom. The summed E-state index contributed by atoms with van der Waals surface area (Å²) in [5, 5.41) is 3.19. The van der Waals surface area contributed by atoms with E-state index in [2.05, 4.69) is 15.3 Å². The molecule has 5 nitrogen and oxygen atoms in total. The van der Waals surface area contributed by atoms with Crippen molar-refractivity contribution in [3.8, 4) is 5.75 Å². The summed E-state index contributed by atoms with van der Waals surface area (Å²) < 4.78 is 5.60. The summed E-state index contributed by atoms with van der Waals surface area (Å²) in [7, 11) is 0. The Labute approximate surface area is 119 Å². The summed E-state index contributed by atoms with van der Waals surface area (Å²) >= 11 is 0. The molecule has 0 aliphatic rings. The molecule has 0 aliphatic carbocycles. The predicted octanol–water partition coefficient (Wildman–Crippen LogP) is 2.67. The van der Waals surface area contributed by atoms with E-state index in [1.807, 2.05) is 44.2 Å². The molecule has 0 amide bonds. The number of hydrogen-bond acceptors (Lipinski definition) is 5. The van der Waals surface area contributed by atoms with Gasteiger partial charge >= 0.3 is 0 Å². The van der Waals surface area contributed by atoms with Gasteiger partial charge in [0.2, 0.25) is 0 Å². The van der Waals surface area contributed by atoms with E-state index >= 15 is 0 Å². The third kappa shape index (κ3) is 4.12. The molecule has 1 aromatic heterocycles. The molecule has 0 unspecified atom stereocenters. The molecule has 2 rings (SSSR count). The van der Waals surface area contributed by atoms with E-state index in [1.165, 1.54) is 0 Å². The second-order valence-corrected chi connectivity index (χ2v) is 4.78. The Morgan fingerprint density at radius 3 is 2.65 bits per heavy atom. The van der Waals surface area contributed by atoms with E-state index < -0.39 is 0 Å². The van der Waals surface area contributed by atoms with Gasteiger partial charge < -0.3 is 15.8 Å². The molecule has 0 fully saturated rings. The Bertz CT molecular complexity index is 543. The molecule has 0 saturated heterocycles. The number of aromatic nitrogens is 2. The lowest BCUT2D eigenvalue weighted by atomic mass is 10.2. The number of nitrogen functional groups attached to an aromatic ring is 1. The molecule has 0 radical (unpaired) electrons. The van der Waals surface area contributed by atoms with Gasteiger partial charge in [0.25, 0.3) is 0 Å². The van der Waals surface area contributed by atoms with Crippen molar-refractivity contribution in [3.05, 3.63) is 42.2 Å². The van der Waals surface area contributed by atoms with Crippen LogP contribution in [-0.4, -0.2) is 23.1 Å². The first-order valence-electron chi connectivity index (χ1n) is 6.71. The van der Waals surface area contributed by atoms with Gasteiger partial charge in [-0.3, -0.25) is 0 Å². The van der Waals surface area contributed by atoms with E-state index in [-0.39, 0.29) is 5.92 Å². The van der Waals surface area contributed by atoms with E-state index in [1.54, 1.807) is 6.07 Å². The van der Waals surface area contributed by atoms with E-state index in [4.69, 9.17) is 10.5 Å². The van der Waals surface area contributed by atoms with E-state index in [9.17, 15) is 0 Å². The first-order chi connectivity index (χ1) is 9.65. The largest absolute Gasteiger partial charge is 0.492 e. The second kappa shape index (κ2) is 6.75. The molecule has 0 aliphatic heterocycles. The average Bonchev–Trinajstić information content (AvgIpc) is 2.44. The monoisotopic (exact) mass is 272 g/mol. The fraction of sp³-hybridized carbons (Fsp3) is 0.333. The molecule has 20 heavy (non-hydrogen) atoms. The molecule has 0 spiro atoms. The van der Waals surface area contributed by atoms with Gasteiger partial charge in [-0.1, -0.05) is 32.0 Å². The molecule has 106 valence electrons. The third-order valence-electron chi connectivity index (χ3n) is 2.70. The van der Waals surface area contributed by atoms with E-state index in [0.717, 1.165) is 17.4 Å². The molecule has 0 saturated carbocycles. The Morgan fingerprint density at radius 1 is 1.20 bits per heavy atom. The van der Waals surface area contributed by atoms with Gasteiger partial charge in [0.1, 0.15) is 29.8 Å². The van der Waals surface area contributed by atoms with Crippen LogP contribution < -0.4 is 15.8 Å². The highest BCUT2D eigenvalue weighted by Crippen LogP contribution is 2.15. The fourth-order valence-corrected chi connectivity index (χ4v) is 1.70.